The van der Waals surface area contributed by atoms with Gasteiger partial charge in [-0.25, -0.2) is 5.48 Å². The van der Waals surface area contributed by atoms with E-state index in [1.54, 1.807) is 0 Å². The first-order chi connectivity index (χ1) is 8.79. The van der Waals surface area contributed by atoms with Crippen molar-refractivity contribution in [3.63, 3.8) is 0 Å². The fraction of sp³-hybridized carbons (Fsp3) is 0.286. The summed E-state index contributed by atoms with van der Waals surface area (Å²) in [6.45, 7) is 0. The lowest BCUT2D eigenvalue weighted by molar-refractivity contribution is 0.0539. The predicted octanol–water partition coefficient (Wildman–Crippen LogP) is 2.40. The molecule has 1 saturated carbocycles. The zero-order valence-electron chi connectivity index (χ0n) is 10.1. The number of benzene rings is 1. The normalized spacial score (nSPS) is 14.7. The van der Waals surface area contributed by atoms with Gasteiger partial charge in [-0.1, -0.05) is 18.2 Å². The standard InChI is InChI=1S/C14H14N2O2/c1-18-16-14(17)11-8-13(9-6-7-9)15-12-5-3-2-4-10(11)12/h2-5,8-9H,6-7H2,1H3,(H,16,17). The van der Waals surface area contributed by atoms with Crippen molar-refractivity contribution in [1.82, 2.24) is 10.5 Å². The molecular weight excluding hydrogens is 228 g/mol. The minimum absolute atomic E-state index is 0.224. The van der Waals surface area contributed by atoms with Gasteiger partial charge < -0.3 is 0 Å². The van der Waals surface area contributed by atoms with E-state index in [0.29, 0.717) is 11.5 Å². The average Bonchev–Trinajstić information content (AvgIpc) is 3.22. The molecule has 1 aromatic heterocycles. The summed E-state index contributed by atoms with van der Waals surface area (Å²) in [5.74, 6) is 0.293. The molecule has 1 aromatic carbocycles. The molecule has 0 atom stereocenters. The van der Waals surface area contributed by atoms with Crippen LogP contribution >= 0.6 is 0 Å². The number of nitrogens with zero attached hydrogens (tertiary/aromatic N) is 1. The maximum atomic E-state index is 12.0. The molecule has 1 aliphatic rings. The number of para-hydroxylation sites is 1. The molecule has 1 heterocycles. The number of fused-ring (bicyclic) bond motifs is 1. The molecule has 1 amide bonds. The van der Waals surface area contributed by atoms with Crippen molar-refractivity contribution in [1.29, 1.82) is 0 Å². The largest absolute Gasteiger partial charge is 0.277 e. The summed E-state index contributed by atoms with van der Waals surface area (Å²) in [6.07, 6.45) is 2.33. The van der Waals surface area contributed by atoms with Crippen LogP contribution in [0, 0.1) is 0 Å². The van der Waals surface area contributed by atoms with Crippen LogP contribution in [0.15, 0.2) is 30.3 Å². The van der Waals surface area contributed by atoms with Crippen LogP contribution in [0.1, 0.15) is 34.8 Å². The van der Waals surface area contributed by atoms with Crippen molar-refractivity contribution < 1.29 is 9.63 Å². The van der Waals surface area contributed by atoms with E-state index < -0.39 is 0 Å². The first-order valence-corrected chi connectivity index (χ1v) is 6.02. The second kappa shape index (κ2) is 4.38. The second-order valence-corrected chi connectivity index (χ2v) is 4.52. The number of carbonyl (C=O) groups excluding carboxylic acids is 1. The Labute approximate surface area is 105 Å². The number of hydrogen-bond acceptors (Lipinski definition) is 3. The number of rotatable bonds is 3. The van der Waals surface area contributed by atoms with E-state index in [1.807, 2.05) is 30.3 Å². The number of pyridine rings is 1. The molecule has 0 saturated heterocycles. The minimum Gasteiger partial charge on any atom is -0.277 e. The quantitative estimate of drug-likeness (QED) is 0.841. The zero-order chi connectivity index (χ0) is 12.5. The smallest absolute Gasteiger partial charge is 0.275 e. The van der Waals surface area contributed by atoms with E-state index in [1.165, 1.54) is 7.11 Å². The van der Waals surface area contributed by atoms with Crippen LogP contribution < -0.4 is 5.48 Å². The fourth-order valence-corrected chi connectivity index (χ4v) is 2.12. The summed E-state index contributed by atoms with van der Waals surface area (Å²) >= 11 is 0. The Morgan fingerprint density at radius 3 is 2.89 bits per heavy atom. The minimum atomic E-state index is -0.224. The van der Waals surface area contributed by atoms with Crippen LogP contribution in [0.3, 0.4) is 0 Å². The van der Waals surface area contributed by atoms with Crippen LogP contribution in [0.5, 0.6) is 0 Å². The highest BCUT2D eigenvalue weighted by atomic mass is 16.6. The van der Waals surface area contributed by atoms with E-state index in [0.717, 1.165) is 29.4 Å². The molecule has 4 nitrogen and oxygen atoms in total. The number of hydroxylamine groups is 1. The maximum Gasteiger partial charge on any atom is 0.275 e. The first-order valence-electron chi connectivity index (χ1n) is 6.02. The number of hydrogen-bond donors (Lipinski definition) is 1. The van der Waals surface area contributed by atoms with E-state index in [4.69, 9.17) is 4.84 Å². The lowest BCUT2D eigenvalue weighted by Gasteiger charge is -2.08. The summed E-state index contributed by atoms with van der Waals surface area (Å²) < 4.78 is 0. The maximum absolute atomic E-state index is 12.0. The Balaban J connectivity index is 2.16. The van der Waals surface area contributed by atoms with Crippen LogP contribution in [0.4, 0.5) is 0 Å². The van der Waals surface area contributed by atoms with Crippen LogP contribution in [0.25, 0.3) is 10.9 Å². The van der Waals surface area contributed by atoms with E-state index in [2.05, 4.69) is 10.5 Å². The Bertz CT molecular complexity index is 606. The van der Waals surface area contributed by atoms with E-state index in [-0.39, 0.29) is 5.91 Å². The van der Waals surface area contributed by atoms with Gasteiger partial charge in [-0.2, -0.15) is 0 Å². The van der Waals surface area contributed by atoms with Gasteiger partial charge in [0.1, 0.15) is 0 Å². The number of nitrogens with one attached hydrogen (secondary N) is 1. The summed E-state index contributed by atoms with van der Waals surface area (Å²) in [4.78, 5) is 21.3. The molecular formula is C14H14N2O2. The Morgan fingerprint density at radius 1 is 1.39 bits per heavy atom. The molecule has 0 bridgehead atoms. The van der Waals surface area contributed by atoms with Crippen LogP contribution in [-0.2, 0) is 4.84 Å². The third-order valence-corrected chi connectivity index (χ3v) is 3.17. The molecule has 18 heavy (non-hydrogen) atoms. The molecule has 1 N–H and O–H groups in total. The molecule has 3 rings (SSSR count). The van der Waals surface area contributed by atoms with Gasteiger partial charge in [0.2, 0.25) is 0 Å². The van der Waals surface area contributed by atoms with Gasteiger partial charge in [-0.05, 0) is 25.0 Å². The van der Waals surface area contributed by atoms with Gasteiger partial charge in [0, 0.05) is 17.0 Å². The highest BCUT2D eigenvalue weighted by Crippen LogP contribution is 2.40. The van der Waals surface area contributed by atoms with Crippen molar-refractivity contribution >= 4 is 16.8 Å². The summed E-state index contributed by atoms with van der Waals surface area (Å²) in [5, 5.41) is 0.858. The lowest BCUT2D eigenvalue weighted by atomic mass is 10.1. The predicted molar refractivity (Wildman–Crippen MR) is 68.2 cm³/mol. The number of carbonyl (C=O) groups is 1. The third kappa shape index (κ3) is 1.95. The molecule has 4 heteroatoms. The Kier molecular flexibility index (Phi) is 2.72. The topological polar surface area (TPSA) is 51.2 Å². The summed E-state index contributed by atoms with van der Waals surface area (Å²) in [6, 6.07) is 9.57. The molecule has 0 unspecified atom stereocenters. The van der Waals surface area contributed by atoms with Crippen molar-refractivity contribution in [2.75, 3.05) is 7.11 Å². The van der Waals surface area contributed by atoms with E-state index >= 15 is 0 Å². The second-order valence-electron chi connectivity index (χ2n) is 4.52. The van der Waals surface area contributed by atoms with Crippen molar-refractivity contribution in [2.45, 2.75) is 18.8 Å². The summed E-state index contributed by atoms with van der Waals surface area (Å²) in [7, 11) is 1.43. The van der Waals surface area contributed by atoms with Gasteiger partial charge in [-0.3, -0.25) is 14.6 Å². The molecule has 0 spiro atoms. The van der Waals surface area contributed by atoms with Crippen LogP contribution in [0.2, 0.25) is 0 Å². The average molecular weight is 242 g/mol. The van der Waals surface area contributed by atoms with Gasteiger partial charge in [0.05, 0.1) is 18.2 Å². The van der Waals surface area contributed by atoms with Gasteiger partial charge in [0.15, 0.2) is 0 Å². The van der Waals surface area contributed by atoms with E-state index in [9.17, 15) is 4.79 Å². The SMILES string of the molecule is CONC(=O)c1cc(C2CC2)nc2ccccc12. The monoisotopic (exact) mass is 242 g/mol. The molecule has 0 aliphatic heterocycles. The number of aromatic nitrogens is 1. The highest BCUT2D eigenvalue weighted by Gasteiger charge is 2.26. The van der Waals surface area contributed by atoms with Crippen molar-refractivity contribution in [3.05, 3.63) is 41.6 Å². The zero-order valence-corrected chi connectivity index (χ0v) is 10.1. The Morgan fingerprint density at radius 2 is 2.17 bits per heavy atom. The highest BCUT2D eigenvalue weighted by molar-refractivity contribution is 6.05. The van der Waals surface area contributed by atoms with Crippen LogP contribution in [-0.4, -0.2) is 18.0 Å². The molecule has 1 aliphatic carbocycles. The van der Waals surface area contributed by atoms with Gasteiger partial charge >= 0.3 is 0 Å². The van der Waals surface area contributed by atoms with Crippen molar-refractivity contribution in [2.24, 2.45) is 0 Å². The summed E-state index contributed by atoms with van der Waals surface area (Å²) in [5.41, 5.74) is 4.88. The van der Waals surface area contributed by atoms with Gasteiger partial charge in [0.25, 0.3) is 5.91 Å². The first kappa shape index (κ1) is 11.2. The Hall–Kier alpha value is -1.94. The fourth-order valence-electron chi connectivity index (χ4n) is 2.12. The molecule has 1 fully saturated rings. The third-order valence-electron chi connectivity index (χ3n) is 3.17. The molecule has 0 radical (unpaired) electrons. The van der Waals surface area contributed by atoms with Gasteiger partial charge in [-0.15, -0.1) is 0 Å². The molecule has 2 aromatic rings. The number of amides is 1. The molecule has 92 valence electrons. The van der Waals surface area contributed by atoms with Crippen molar-refractivity contribution in [3.8, 4) is 0 Å². The lowest BCUT2D eigenvalue weighted by Crippen LogP contribution is -2.22.